The Bertz CT molecular complexity index is 537. The number of rotatable bonds is 3. The lowest BCUT2D eigenvalue weighted by Crippen LogP contribution is -2.51. The lowest BCUT2D eigenvalue weighted by molar-refractivity contribution is -0.163. The summed E-state index contributed by atoms with van der Waals surface area (Å²) in [7, 11) is 0. The highest BCUT2D eigenvalue weighted by molar-refractivity contribution is 9.10. The summed E-state index contributed by atoms with van der Waals surface area (Å²) in [6.07, 6.45) is 6.17. The first-order valence-electron chi connectivity index (χ1n) is 9.15. The van der Waals surface area contributed by atoms with Gasteiger partial charge in [0.1, 0.15) is 6.10 Å². The molecule has 1 N–H and O–H groups in total. The van der Waals surface area contributed by atoms with Crippen molar-refractivity contribution in [3.05, 3.63) is 12.2 Å². The molecule has 138 valence electrons. The lowest BCUT2D eigenvalue weighted by atomic mass is 9.65. The van der Waals surface area contributed by atoms with Crippen molar-refractivity contribution in [2.75, 3.05) is 6.61 Å². The predicted molar refractivity (Wildman–Crippen MR) is 100 cm³/mol. The highest BCUT2D eigenvalue weighted by atomic mass is 79.9. The minimum atomic E-state index is -0.602. The van der Waals surface area contributed by atoms with Gasteiger partial charge in [0.15, 0.2) is 5.79 Å². The van der Waals surface area contributed by atoms with Gasteiger partial charge < -0.3 is 14.6 Å². The van der Waals surface area contributed by atoms with Gasteiger partial charge in [-0.15, -0.1) is 0 Å². The minimum absolute atomic E-state index is 0.0388. The van der Waals surface area contributed by atoms with Crippen molar-refractivity contribution < 1.29 is 14.6 Å². The van der Waals surface area contributed by atoms with Crippen LogP contribution in [0.4, 0.5) is 0 Å². The van der Waals surface area contributed by atoms with E-state index in [1.807, 2.05) is 13.8 Å². The van der Waals surface area contributed by atoms with Gasteiger partial charge in [-0.1, -0.05) is 62.7 Å². The number of allylic oxidation sites excluding steroid dienone is 2. The summed E-state index contributed by atoms with van der Waals surface area (Å²) in [4.78, 5) is 0. The first-order chi connectivity index (χ1) is 10.9. The standard InChI is InChI=1S/C20H33BrO3/c1-16(2)17(3,4)20(16,21)15-14(23-18(5,6)24-15)19(7)11-9-8-10-13(19)12-22/h8-9,13-15,22H,10-12H2,1-7H3/t13-,14-,15-,19+/m0/s1. The van der Waals surface area contributed by atoms with Crippen LogP contribution in [0.25, 0.3) is 0 Å². The predicted octanol–water partition coefficient (Wildman–Crippen LogP) is 4.67. The fourth-order valence-electron chi connectivity index (χ4n) is 5.20. The summed E-state index contributed by atoms with van der Waals surface area (Å²) in [5.74, 6) is -0.400. The highest BCUT2D eigenvalue weighted by Gasteiger charge is 2.82. The largest absolute Gasteiger partial charge is 0.396 e. The van der Waals surface area contributed by atoms with Crippen molar-refractivity contribution in [1.82, 2.24) is 0 Å². The summed E-state index contributed by atoms with van der Waals surface area (Å²) < 4.78 is 12.9. The molecule has 0 aromatic heterocycles. The summed E-state index contributed by atoms with van der Waals surface area (Å²) >= 11 is 4.10. The maximum atomic E-state index is 9.99. The number of hydrogen-bond acceptors (Lipinski definition) is 3. The molecule has 3 rings (SSSR count). The van der Waals surface area contributed by atoms with Crippen molar-refractivity contribution in [2.24, 2.45) is 22.2 Å². The van der Waals surface area contributed by atoms with Crippen LogP contribution >= 0.6 is 15.9 Å². The van der Waals surface area contributed by atoms with E-state index in [1.54, 1.807) is 0 Å². The van der Waals surface area contributed by atoms with Gasteiger partial charge in [-0.2, -0.15) is 0 Å². The molecular weight excluding hydrogens is 368 g/mol. The molecule has 3 nitrogen and oxygen atoms in total. The van der Waals surface area contributed by atoms with E-state index in [-0.39, 0.29) is 45.3 Å². The van der Waals surface area contributed by atoms with Gasteiger partial charge in [0, 0.05) is 12.0 Å². The smallest absolute Gasteiger partial charge is 0.163 e. The summed E-state index contributed by atoms with van der Waals surface area (Å²) in [6.45, 7) is 15.7. The number of hydrogen-bond donors (Lipinski definition) is 1. The van der Waals surface area contributed by atoms with E-state index in [0.717, 1.165) is 12.8 Å². The van der Waals surface area contributed by atoms with E-state index in [0.29, 0.717) is 0 Å². The third kappa shape index (κ3) is 2.19. The van der Waals surface area contributed by atoms with Gasteiger partial charge in [0.05, 0.1) is 10.4 Å². The molecule has 3 aliphatic rings. The Kier molecular flexibility index (Phi) is 4.18. The van der Waals surface area contributed by atoms with Crippen LogP contribution in [0.1, 0.15) is 61.3 Å². The second-order valence-electron chi connectivity index (χ2n) is 9.74. The Labute approximate surface area is 155 Å². The molecule has 0 aromatic rings. The normalized spacial score (nSPS) is 44.5. The number of aliphatic hydroxyl groups excluding tert-OH is 1. The van der Waals surface area contributed by atoms with Crippen LogP contribution in [0, 0.1) is 22.2 Å². The maximum Gasteiger partial charge on any atom is 0.163 e. The van der Waals surface area contributed by atoms with Gasteiger partial charge in [0.2, 0.25) is 0 Å². The van der Waals surface area contributed by atoms with E-state index < -0.39 is 5.79 Å². The van der Waals surface area contributed by atoms with Gasteiger partial charge in [-0.3, -0.25) is 0 Å². The summed E-state index contributed by atoms with van der Waals surface area (Å²) in [5.41, 5.74) is 0.0992. The average molecular weight is 401 g/mol. The molecule has 0 amide bonds. The molecule has 0 radical (unpaired) electrons. The van der Waals surface area contributed by atoms with Crippen LogP contribution in [0.15, 0.2) is 12.2 Å². The zero-order chi connectivity index (χ0) is 18.2. The molecule has 0 bridgehead atoms. The summed E-state index contributed by atoms with van der Waals surface area (Å²) in [5, 5.41) is 9.99. The molecular formula is C20H33BrO3. The molecule has 0 spiro atoms. The Morgan fingerprint density at radius 1 is 0.958 bits per heavy atom. The molecule has 0 aromatic carbocycles. The molecule has 1 aliphatic heterocycles. The number of ether oxygens (including phenoxy) is 2. The van der Waals surface area contributed by atoms with Crippen LogP contribution in [-0.4, -0.2) is 34.0 Å². The third-order valence-corrected chi connectivity index (χ3v) is 10.2. The fraction of sp³-hybridized carbons (Fsp3) is 0.900. The number of halogens is 1. The molecule has 4 heteroatoms. The lowest BCUT2D eigenvalue weighted by Gasteiger charge is -2.45. The van der Waals surface area contributed by atoms with Crippen LogP contribution in [0.3, 0.4) is 0 Å². The Balaban J connectivity index is 2.02. The monoisotopic (exact) mass is 400 g/mol. The first-order valence-corrected chi connectivity index (χ1v) is 9.95. The Morgan fingerprint density at radius 3 is 2.00 bits per heavy atom. The van der Waals surface area contributed by atoms with Crippen LogP contribution in [-0.2, 0) is 9.47 Å². The molecule has 1 saturated heterocycles. The molecule has 24 heavy (non-hydrogen) atoms. The third-order valence-electron chi connectivity index (χ3n) is 7.76. The zero-order valence-corrected chi connectivity index (χ0v) is 17.7. The van der Waals surface area contributed by atoms with Crippen LogP contribution in [0.2, 0.25) is 0 Å². The molecule has 1 heterocycles. The average Bonchev–Trinajstić information content (AvgIpc) is 2.76. The minimum Gasteiger partial charge on any atom is -0.396 e. The van der Waals surface area contributed by atoms with E-state index >= 15 is 0 Å². The first kappa shape index (κ1) is 18.9. The van der Waals surface area contributed by atoms with Crippen molar-refractivity contribution >= 4 is 15.9 Å². The van der Waals surface area contributed by atoms with E-state index in [1.165, 1.54) is 0 Å². The van der Waals surface area contributed by atoms with Crippen molar-refractivity contribution in [3.8, 4) is 0 Å². The summed E-state index contributed by atoms with van der Waals surface area (Å²) in [6, 6.07) is 0. The fourth-order valence-corrected chi connectivity index (χ4v) is 6.42. The molecule has 0 unspecified atom stereocenters. The van der Waals surface area contributed by atoms with E-state index in [2.05, 4.69) is 62.7 Å². The molecule has 4 atom stereocenters. The van der Waals surface area contributed by atoms with Gasteiger partial charge in [-0.05, 0) is 43.4 Å². The van der Waals surface area contributed by atoms with Crippen molar-refractivity contribution in [2.45, 2.75) is 83.6 Å². The van der Waals surface area contributed by atoms with Crippen molar-refractivity contribution in [1.29, 1.82) is 0 Å². The molecule has 2 aliphatic carbocycles. The second kappa shape index (κ2) is 5.31. The van der Waals surface area contributed by atoms with Gasteiger partial charge in [0.25, 0.3) is 0 Å². The van der Waals surface area contributed by atoms with E-state index in [4.69, 9.17) is 9.47 Å². The Morgan fingerprint density at radius 2 is 1.50 bits per heavy atom. The topological polar surface area (TPSA) is 38.7 Å². The Hall–Kier alpha value is 0.100. The molecule has 2 fully saturated rings. The van der Waals surface area contributed by atoms with Crippen LogP contribution in [0.5, 0.6) is 0 Å². The second-order valence-corrected chi connectivity index (χ2v) is 11.0. The van der Waals surface area contributed by atoms with Crippen LogP contribution < -0.4 is 0 Å². The SMILES string of the molecule is CC1(C)O[C@H](C2(Br)C(C)(C)C2(C)C)[C@@H]([C@]2(C)CC=CC[C@H]2CO)O1. The van der Waals surface area contributed by atoms with Crippen molar-refractivity contribution in [3.63, 3.8) is 0 Å². The maximum absolute atomic E-state index is 9.99. The zero-order valence-electron chi connectivity index (χ0n) is 16.1. The van der Waals surface area contributed by atoms with Gasteiger partial charge >= 0.3 is 0 Å². The van der Waals surface area contributed by atoms with Gasteiger partial charge in [-0.25, -0.2) is 0 Å². The quantitative estimate of drug-likeness (QED) is 0.552. The number of aliphatic hydroxyl groups is 1. The highest BCUT2D eigenvalue weighted by Crippen LogP contribution is 2.79. The van der Waals surface area contributed by atoms with E-state index in [9.17, 15) is 5.11 Å². The number of alkyl halides is 1. The molecule has 1 saturated carbocycles.